The molecule has 0 fully saturated rings. The van der Waals surface area contributed by atoms with Crippen LogP contribution in [0.5, 0.6) is 0 Å². The first kappa shape index (κ1) is 16.1. The Morgan fingerprint density at radius 2 is 1.86 bits per heavy atom. The Labute approximate surface area is 137 Å². The number of nitrogens with zero attached hydrogens (tertiary/aromatic N) is 2. The van der Waals surface area contributed by atoms with Gasteiger partial charge in [0.1, 0.15) is 0 Å². The number of aromatic nitrogens is 2. The van der Waals surface area contributed by atoms with Crippen LogP contribution in [0.1, 0.15) is 37.0 Å². The third-order valence-electron chi connectivity index (χ3n) is 2.88. The second-order valence-electron chi connectivity index (χ2n) is 5.57. The fourth-order valence-corrected chi connectivity index (χ4v) is 2.98. The van der Waals surface area contributed by atoms with Crippen LogP contribution in [0.3, 0.4) is 0 Å². The largest absolute Gasteiger partial charge is 0.476 e. The summed E-state index contributed by atoms with van der Waals surface area (Å²) in [7, 11) is 0. The molecule has 1 heterocycles. The quantitative estimate of drug-likeness (QED) is 0.846. The average molecular weight is 348 g/mol. The minimum Gasteiger partial charge on any atom is -0.476 e. The highest BCUT2D eigenvalue weighted by atomic mass is 35.5. The van der Waals surface area contributed by atoms with Crippen LogP contribution in [0.2, 0.25) is 15.1 Å². The normalized spacial score (nSPS) is 11.7. The van der Waals surface area contributed by atoms with Crippen molar-refractivity contribution < 1.29 is 9.90 Å². The fourth-order valence-electron chi connectivity index (χ4n) is 2.01. The summed E-state index contributed by atoms with van der Waals surface area (Å²) in [5.41, 5.74) is 0.486. The average Bonchev–Trinajstić information content (AvgIpc) is 2.66. The molecule has 1 N–H and O–H groups in total. The molecule has 0 amide bonds. The monoisotopic (exact) mass is 346 g/mol. The Morgan fingerprint density at radius 1 is 1.24 bits per heavy atom. The van der Waals surface area contributed by atoms with Crippen LogP contribution in [0.4, 0.5) is 0 Å². The maximum atomic E-state index is 11.3. The van der Waals surface area contributed by atoms with Crippen LogP contribution in [-0.2, 0) is 5.41 Å². The Bertz CT molecular complexity index is 718. The lowest BCUT2D eigenvalue weighted by atomic mass is 9.91. The summed E-state index contributed by atoms with van der Waals surface area (Å²) in [6.07, 6.45) is 0. The second kappa shape index (κ2) is 5.52. The Morgan fingerprint density at radius 3 is 2.33 bits per heavy atom. The van der Waals surface area contributed by atoms with Crippen molar-refractivity contribution in [3.05, 3.63) is 44.7 Å². The van der Waals surface area contributed by atoms with Gasteiger partial charge in [-0.3, -0.25) is 0 Å². The van der Waals surface area contributed by atoms with E-state index in [2.05, 4.69) is 5.10 Å². The predicted octanol–water partition coefficient (Wildman–Crippen LogP) is 4.83. The van der Waals surface area contributed by atoms with Gasteiger partial charge in [0.2, 0.25) is 0 Å². The third kappa shape index (κ3) is 3.03. The number of aromatic carboxylic acids is 1. The van der Waals surface area contributed by atoms with E-state index in [1.165, 1.54) is 4.68 Å². The maximum absolute atomic E-state index is 11.3. The number of rotatable bonds is 2. The van der Waals surface area contributed by atoms with Crippen molar-refractivity contribution in [3.8, 4) is 5.69 Å². The van der Waals surface area contributed by atoms with Gasteiger partial charge < -0.3 is 5.11 Å². The van der Waals surface area contributed by atoms with Gasteiger partial charge in [-0.15, -0.1) is 0 Å². The molecule has 4 nitrogen and oxygen atoms in total. The zero-order valence-corrected chi connectivity index (χ0v) is 13.9. The zero-order valence-electron chi connectivity index (χ0n) is 11.6. The lowest BCUT2D eigenvalue weighted by molar-refractivity contribution is 0.0690. The standard InChI is InChI=1S/C14H13Cl3N2O2/c1-14(2,3)12-10(17)11(13(20)21)18-19(12)9-5-4-7(15)6-8(9)16/h4-6H,1-3H3,(H,20,21). The Hall–Kier alpha value is -1.23. The van der Waals surface area contributed by atoms with Gasteiger partial charge in [-0.25, -0.2) is 9.48 Å². The second-order valence-corrected chi connectivity index (χ2v) is 6.80. The van der Waals surface area contributed by atoms with Crippen molar-refractivity contribution in [2.75, 3.05) is 0 Å². The number of carbonyl (C=O) groups is 1. The van der Waals surface area contributed by atoms with Gasteiger partial charge in [0.25, 0.3) is 0 Å². The summed E-state index contributed by atoms with van der Waals surface area (Å²) in [6.45, 7) is 5.76. The van der Waals surface area contributed by atoms with Crippen LogP contribution in [0.25, 0.3) is 5.69 Å². The number of halogens is 3. The first-order chi connectivity index (χ1) is 9.62. The van der Waals surface area contributed by atoms with E-state index in [1.54, 1.807) is 18.2 Å². The molecule has 7 heteroatoms. The van der Waals surface area contributed by atoms with E-state index in [4.69, 9.17) is 34.8 Å². The van der Waals surface area contributed by atoms with Crippen molar-refractivity contribution in [2.24, 2.45) is 0 Å². The number of benzene rings is 1. The predicted molar refractivity (Wildman–Crippen MR) is 84.3 cm³/mol. The minimum atomic E-state index is -1.19. The van der Waals surface area contributed by atoms with E-state index in [9.17, 15) is 9.90 Å². The minimum absolute atomic E-state index is 0.112. The molecule has 0 bridgehead atoms. The molecule has 0 unspecified atom stereocenters. The fraction of sp³-hybridized carbons (Fsp3) is 0.286. The van der Waals surface area contributed by atoms with Crippen molar-refractivity contribution in [3.63, 3.8) is 0 Å². The molecule has 0 aliphatic heterocycles. The van der Waals surface area contributed by atoms with Crippen molar-refractivity contribution in [1.82, 2.24) is 9.78 Å². The van der Waals surface area contributed by atoms with Crippen molar-refractivity contribution >= 4 is 40.8 Å². The Balaban J connectivity index is 2.79. The van der Waals surface area contributed by atoms with Crippen LogP contribution in [0, 0.1) is 0 Å². The topological polar surface area (TPSA) is 55.1 Å². The molecule has 2 rings (SSSR count). The van der Waals surface area contributed by atoms with E-state index >= 15 is 0 Å². The number of carboxylic acids is 1. The molecule has 0 saturated carbocycles. The highest BCUT2D eigenvalue weighted by Crippen LogP contribution is 2.36. The van der Waals surface area contributed by atoms with Crippen LogP contribution >= 0.6 is 34.8 Å². The zero-order chi connectivity index (χ0) is 15.9. The smallest absolute Gasteiger partial charge is 0.358 e. The summed E-state index contributed by atoms with van der Waals surface area (Å²) in [6, 6.07) is 4.90. The van der Waals surface area contributed by atoms with Gasteiger partial charge in [-0.2, -0.15) is 5.10 Å². The lowest BCUT2D eigenvalue weighted by Gasteiger charge is -2.21. The van der Waals surface area contributed by atoms with Crippen LogP contribution in [-0.4, -0.2) is 20.9 Å². The van der Waals surface area contributed by atoms with Gasteiger partial charge in [-0.1, -0.05) is 55.6 Å². The number of hydrogen-bond acceptors (Lipinski definition) is 2. The molecule has 112 valence electrons. The van der Waals surface area contributed by atoms with E-state index in [-0.39, 0.29) is 10.7 Å². The highest BCUT2D eigenvalue weighted by molar-refractivity contribution is 6.36. The SMILES string of the molecule is CC(C)(C)c1c(Cl)c(C(=O)O)nn1-c1ccc(Cl)cc1Cl. The first-order valence-corrected chi connectivity index (χ1v) is 7.24. The van der Waals surface area contributed by atoms with E-state index < -0.39 is 11.4 Å². The Kier molecular flexibility index (Phi) is 4.24. The van der Waals surface area contributed by atoms with Crippen LogP contribution in [0.15, 0.2) is 18.2 Å². The van der Waals surface area contributed by atoms with Crippen molar-refractivity contribution in [1.29, 1.82) is 0 Å². The van der Waals surface area contributed by atoms with Crippen LogP contribution < -0.4 is 0 Å². The van der Waals surface area contributed by atoms with E-state index in [0.29, 0.717) is 21.4 Å². The molecular weight excluding hydrogens is 335 g/mol. The van der Waals surface area contributed by atoms with Gasteiger partial charge in [0.15, 0.2) is 5.69 Å². The third-order valence-corrected chi connectivity index (χ3v) is 3.77. The number of carboxylic acid groups (broad SMARTS) is 1. The maximum Gasteiger partial charge on any atom is 0.358 e. The lowest BCUT2D eigenvalue weighted by Crippen LogP contribution is -2.18. The summed E-state index contributed by atoms with van der Waals surface area (Å²) in [4.78, 5) is 11.3. The molecule has 0 aliphatic rings. The molecule has 0 radical (unpaired) electrons. The molecule has 0 aliphatic carbocycles. The highest BCUT2D eigenvalue weighted by Gasteiger charge is 2.30. The summed E-state index contributed by atoms with van der Waals surface area (Å²) >= 11 is 18.3. The summed E-state index contributed by atoms with van der Waals surface area (Å²) < 4.78 is 1.46. The van der Waals surface area contributed by atoms with E-state index in [1.807, 2.05) is 20.8 Å². The van der Waals surface area contributed by atoms with Gasteiger partial charge in [0, 0.05) is 10.4 Å². The molecule has 0 saturated heterocycles. The van der Waals surface area contributed by atoms with Gasteiger partial charge in [0.05, 0.1) is 21.4 Å². The first-order valence-electron chi connectivity index (χ1n) is 6.10. The molecule has 2 aromatic rings. The molecule has 1 aromatic carbocycles. The number of hydrogen-bond donors (Lipinski definition) is 1. The van der Waals surface area contributed by atoms with Crippen molar-refractivity contribution in [2.45, 2.75) is 26.2 Å². The molecule has 1 aromatic heterocycles. The van der Waals surface area contributed by atoms with E-state index in [0.717, 1.165) is 0 Å². The summed E-state index contributed by atoms with van der Waals surface area (Å²) in [5.74, 6) is -1.19. The molecule has 21 heavy (non-hydrogen) atoms. The molecule has 0 atom stereocenters. The summed E-state index contributed by atoms with van der Waals surface area (Å²) in [5, 5.41) is 14.3. The van der Waals surface area contributed by atoms with Gasteiger partial charge in [-0.05, 0) is 18.2 Å². The van der Waals surface area contributed by atoms with Gasteiger partial charge >= 0.3 is 5.97 Å². The molecular formula is C14H13Cl3N2O2. The molecule has 0 spiro atoms.